The Morgan fingerprint density at radius 2 is 1.72 bits per heavy atom. The quantitative estimate of drug-likeness (QED) is 0.405. The van der Waals surface area contributed by atoms with Crippen LogP contribution in [-0.4, -0.2) is 11.9 Å². The van der Waals surface area contributed by atoms with Crippen molar-refractivity contribution in [2.75, 3.05) is 0 Å². The van der Waals surface area contributed by atoms with Crippen molar-refractivity contribution in [1.82, 2.24) is 3.30 Å². The largest absolute Gasteiger partial charge is 1.00 e. The minimum Gasteiger partial charge on any atom is -1.00 e. The summed E-state index contributed by atoms with van der Waals surface area (Å²) >= 11 is -2.18. The van der Waals surface area contributed by atoms with Crippen molar-refractivity contribution >= 4 is 11.9 Å². The summed E-state index contributed by atoms with van der Waals surface area (Å²) in [6.45, 7) is 14.2. The van der Waals surface area contributed by atoms with Crippen LogP contribution in [0.1, 0.15) is 53.4 Å². The topological polar surface area (TPSA) is 29.1 Å². The van der Waals surface area contributed by atoms with E-state index in [0.717, 1.165) is 5.92 Å². The van der Waals surface area contributed by atoms with Crippen LogP contribution in [-0.2, 0) is 25.7 Å². The van der Waals surface area contributed by atoms with E-state index in [1.165, 1.54) is 36.8 Å². The van der Waals surface area contributed by atoms with E-state index in [-0.39, 0.29) is 24.8 Å². The SMILES string of the molecule is CC1=C(C)C(C)[C]([Hf+2]([NH]C(=O)C2CC3CCC2C3)[SiH](C)C)=C1C.[Cl-].[Cl-]. The average Bonchev–Trinajstić information content (AvgIpc) is 3.18. The molecule has 141 valence electrons. The van der Waals surface area contributed by atoms with E-state index in [1.807, 2.05) is 0 Å². The van der Waals surface area contributed by atoms with Crippen LogP contribution in [0.5, 0.6) is 0 Å². The number of fused-ring (bicyclic) bond motifs is 2. The van der Waals surface area contributed by atoms with E-state index in [9.17, 15) is 4.79 Å². The fourth-order valence-electron chi connectivity index (χ4n) is 5.11. The summed E-state index contributed by atoms with van der Waals surface area (Å²) in [5, 5.41) is 0. The Labute approximate surface area is 175 Å². The van der Waals surface area contributed by atoms with E-state index in [0.29, 0.717) is 23.7 Å². The maximum Gasteiger partial charge on any atom is -1.00 e. The zero-order chi connectivity index (χ0) is 16.9. The molecular weight excluding hydrogens is 536 g/mol. The fourth-order valence-corrected chi connectivity index (χ4v) is 27.5. The van der Waals surface area contributed by atoms with Crippen LogP contribution in [0.2, 0.25) is 13.1 Å². The molecule has 6 heteroatoms. The third-order valence-corrected chi connectivity index (χ3v) is 31.0. The Balaban J connectivity index is 0.00000156. The van der Waals surface area contributed by atoms with Crippen LogP contribution in [0.25, 0.3) is 0 Å². The van der Waals surface area contributed by atoms with E-state index < -0.39 is 26.9 Å². The van der Waals surface area contributed by atoms with Crippen LogP contribution in [0, 0.1) is 23.7 Å². The third-order valence-electron chi connectivity index (χ3n) is 6.84. The van der Waals surface area contributed by atoms with Crippen molar-refractivity contribution in [3.8, 4) is 0 Å². The smallest absolute Gasteiger partial charge is 1.00 e. The predicted molar refractivity (Wildman–Crippen MR) is 96.2 cm³/mol. The number of amides is 1. The molecule has 4 atom stereocenters. The van der Waals surface area contributed by atoms with Gasteiger partial charge in [-0.2, -0.15) is 0 Å². The third kappa shape index (κ3) is 4.38. The first-order chi connectivity index (χ1) is 10.8. The van der Waals surface area contributed by atoms with E-state index in [1.54, 1.807) is 8.90 Å². The maximum atomic E-state index is 13.0. The molecule has 0 radical (unpaired) electrons. The predicted octanol–water partition coefficient (Wildman–Crippen LogP) is -1.68. The number of hydrogen-bond donors (Lipinski definition) is 1. The molecule has 4 unspecified atom stereocenters. The Bertz CT molecular complexity index is 590. The monoisotopic (exact) mass is 568 g/mol. The molecule has 0 spiro atoms. The summed E-state index contributed by atoms with van der Waals surface area (Å²) in [6.07, 6.45) is 5.19. The minimum absolute atomic E-state index is 0. The van der Waals surface area contributed by atoms with Gasteiger partial charge in [-0.3, -0.25) is 0 Å². The minimum atomic E-state index is -2.18. The molecule has 2 fully saturated rings. The number of halogens is 2. The fraction of sp³-hybridized carbons (Fsp3) is 0.737. The number of nitrogens with one attached hydrogen (secondary N) is 1. The Kier molecular flexibility index (Phi) is 8.71. The van der Waals surface area contributed by atoms with Gasteiger partial charge in [-0.15, -0.1) is 0 Å². The molecule has 0 aromatic heterocycles. The van der Waals surface area contributed by atoms with Crippen molar-refractivity contribution in [1.29, 1.82) is 0 Å². The first-order valence-electron chi connectivity index (χ1n) is 9.37. The van der Waals surface area contributed by atoms with Crippen LogP contribution >= 0.6 is 0 Å². The molecular formula is C19H32Cl2HfNOSi. The number of carbonyl (C=O) groups excluding carboxylic acids is 1. The van der Waals surface area contributed by atoms with Gasteiger partial charge in [-0.25, -0.2) is 0 Å². The average molecular weight is 568 g/mol. The molecule has 25 heavy (non-hydrogen) atoms. The second-order valence-electron chi connectivity index (χ2n) is 8.41. The standard InChI is InChI=1S/C9H13.C8H13NO.C2H7Si.2ClH.Hf/c1-6-5-7(2)9(4)8(6)3;9-8(10)7-4-5-1-2-6(7)3-5;1-3-2;;;/h6H,1-4H3;5-7H,1-4H2,(H2,9,10);3H,1-2H3;2*1H;/q;;;;;+3/p-3. The molecule has 3 aliphatic carbocycles. The molecule has 2 saturated carbocycles. The van der Waals surface area contributed by atoms with Crippen molar-refractivity contribution < 1.29 is 50.5 Å². The van der Waals surface area contributed by atoms with Crippen molar-refractivity contribution in [3.05, 3.63) is 20.0 Å². The molecule has 2 bridgehead atoms. The van der Waals surface area contributed by atoms with Crippen molar-refractivity contribution in [3.63, 3.8) is 0 Å². The molecule has 0 aliphatic heterocycles. The molecule has 1 amide bonds. The van der Waals surface area contributed by atoms with Crippen LogP contribution in [0.3, 0.4) is 0 Å². The summed E-state index contributed by atoms with van der Waals surface area (Å²) < 4.78 is 5.46. The van der Waals surface area contributed by atoms with E-state index >= 15 is 0 Å². The molecule has 1 N–H and O–H groups in total. The van der Waals surface area contributed by atoms with Gasteiger partial charge in [-0.1, -0.05) is 0 Å². The molecule has 0 aromatic rings. The van der Waals surface area contributed by atoms with E-state index in [2.05, 4.69) is 44.1 Å². The zero-order valence-corrected chi connectivity index (χ0v) is 22.6. The van der Waals surface area contributed by atoms with Crippen LogP contribution < -0.4 is 28.1 Å². The summed E-state index contributed by atoms with van der Waals surface area (Å²) in [5.41, 5.74) is 4.58. The number of carbonyl (C=O) groups is 1. The second kappa shape index (κ2) is 9.21. The van der Waals surface area contributed by atoms with E-state index in [4.69, 9.17) is 0 Å². The van der Waals surface area contributed by atoms with Gasteiger partial charge in [0.25, 0.3) is 0 Å². The van der Waals surface area contributed by atoms with Crippen LogP contribution in [0.15, 0.2) is 20.0 Å². The Morgan fingerprint density at radius 3 is 2.12 bits per heavy atom. The van der Waals surface area contributed by atoms with Gasteiger partial charge in [0, 0.05) is 0 Å². The van der Waals surface area contributed by atoms with Crippen molar-refractivity contribution in [2.24, 2.45) is 23.7 Å². The molecule has 3 aliphatic rings. The van der Waals surface area contributed by atoms with Gasteiger partial charge in [0.2, 0.25) is 0 Å². The van der Waals surface area contributed by atoms with Gasteiger partial charge in [-0.05, 0) is 0 Å². The second-order valence-corrected chi connectivity index (χ2v) is 33.7. The Morgan fingerprint density at radius 1 is 1.08 bits per heavy atom. The summed E-state index contributed by atoms with van der Waals surface area (Å²) in [5.74, 6) is 2.18. The molecule has 0 heterocycles. The van der Waals surface area contributed by atoms with Crippen LogP contribution in [0.4, 0.5) is 0 Å². The number of rotatable bonds is 4. The number of hydrogen-bond acceptors (Lipinski definition) is 1. The first kappa shape index (κ1) is 23.7. The molecule has 0 aromatic carbocycles. The molecule has 3 rings (SSSR count). The van der Waals surface area contributed by atoms with Gasteiger partial charge < -0.3 is 24.8 Å². The van der Waals surface area contributed by atoms with Gasteiger partial charge in [0.1, 0.15) is 0 Å². The summed E-state index contributed by atoms with van der Waals surface area (Å²) in [6, 6.07) is 0. The number of allylic oxidation sites excluding steroid dienone is 4. The molecule has 2 nitrogen and oxygen atoms in total. The summed E-state index contributed by atoms with van der Waals surface area (Å²) in [4.78, 5) is 13.0. The van der Waals surface area contributed by atoms with Gasteiger partial charge in [0.15, 0.2) is 0 Å². The Hall–Kier alpha value is 0.617. The molecule has 0 saturated heterocycles. The zero-order valence-electron chi connectivity index (χ0n) is 16.4. The first-order valence-corrected chi connectivity index (χ1v) is 22.1. The maximum absolute atomic E-state index is 13.0. The van der Waals surface area contributed by atoms with Gasteiger partial charge >= 0.3 is 151 Å². The summed E-state index contributed by atoms with van der Waals surface area (Å²) in [7, 11) is 0. The van der Waals surface area contributed by atoms with Crippen molar-refractivity contribution in [2.45, 2.75) is 66.5 Å². The van der Waals surface area contributed by atoms with Gasteiger partial charge in [0.05, 0.1) is 0 Å². The normalized spacial score (nSPS) is 30.5.